The Hall–Kier alpha value is -2.50. The second kappa shape index (κ2) is 6.32. The Kier molecular flexibility index (Phi) is 4.63. The molecule has 23 heavy (non-hydrogen) atoms. The van der Waals surface area contributed by atoms with Gasteiger partial charge in [0.15, 0.2) is 0 Å². The number of nitrogens with zero attached hydrogens (tertiary/aromatic N) is 1. The number of carbonyl (C=O) groups is 4. The van der Waals surface area contributed by atoms with Crippen molar-refractivity contribution in [3.63, 3.8) is 0 Å². The molecule has 1 saturated heterocycles. The van der Waals surface area contributed by atoms with E-state index in [-0.39, 0.29) is 6.42 Å². The Balaban J connectivity index is 2.24. The first-order chi connectivity index (χ1) is 10.7. The van der Waals surface area contributed by atoms with Crippen molar-refractivity contribution in [3.05, 3.63) is 35.4 Å². The van der Waals surface area contributed by atoms with Crippen molar-refractivity contribution in [2.45, 2.75) is 45.1 Å². The zero-order chi connectivity index (χ0) is 17.2. The quantitative estimate of drug-likeness (QED) is 0.619. The molecule has 0 bridgehead atoms. The zero-order valence-corrected chi connectivity index (χ0v) is 13.4. The monoisotopic (exact) mass is 317 g/mol. The first-order valence-corrected chi connectivity index (χ1v) is 7.38. The van der Waals surface area contributed by atoms with Crippen LogP contribution in [0, 0.1) is 0 Å². The Labute approximate surface area is 134 Å². The molecule has 0 aromatic heterocycles. The number of hydrogen-bond donors (Lipinski definition) is 0. The third-order valence-electron chi connectivity index (χ3n) is 3.47. The number of carbonyl (C=O) groups excluding carboxylic acids is 4. The first kappa shape index (κ1) is 16.9. The summed E-state index contributed by atoms with van der Waals surface area (Å²) in [6.07, 6.45) is 0.188. The molecule has 1 aromatic carbocycles. The van der Waals surface area contributed by atoms with Crippen molar-refractivity contribution in [2.75, 3.05) is 0 Å². The molecule has 1 fully saturated rings. The van der Waals surface area contributed by atoms with E-state index in [1.807, 2.05) is 0 Å². The summed E-state index contributed by atoms with van der Waals surface area (Å²) in [5.41, 5.74) is 0.370. The number of likely N-dealkylation sites (tertiary alicyclic amines) is 1. The van der Waals surface area contributed by atoms with E-state index >= 15 is 0 Å². The lowest BCUT2D eigenvalue weighted by Crippen LogP contribution is -2.49. The lowest BCUT2D eigenvalue weighted by Gasteiger charge is -2.31. The van der Waals surface area contributed by atoms with Crippen LogP contribution in [0.1, 0.15) is 55.5 Å². The maximum Gasteiger partial charge on any atom is 0.424 e. The van der Waals surface area contributed by atoms with E-state index in [0.717, 1.165) is 0 Å². The van der Waals surface area contributed by atoms with Gasteiger partial charge in [0.05, 0.1) is 5.92 Å². The zero-order valence-electron chi connectivity index (χ0n) is 13.4. The first-order valence-electron chi connectivity index (χ1n) is 7.38. The van der Waals surface area contributed by atoms with Gasteiger partial charge in [0.2, 0.25) is 11.8 Å². The highest BCUT2D eigenvalue weighted by Gasteiger charge is 2.41. The van der Waals surface area contributed by atoms with Crippen LogP contribution >= 0.6 is 0 Å². The summed E-state index contributed by atoms with van der Waals surface area (Å²) in [4.78, 5) is 47.9. The van der Waals surface area contributed by atoms with Crippen molar-refractivity contribution >= 4 is 24.2 Å². The highest BCUT2D eigenvalue weighted by molar-refractivity contribution is 6.12. The molecule has 122 valence electrons. The number of imide groups is 3. The lowest BCUT2D eigenvalue weighted by molar-refractivity contribution is -0.147. The molecule has 6 nitrogen and oxygen atoms in total. The summed E-state index contributed by atoms with van der Waals surface area (Å²) in [5, 5.41) is 0. The van der Waals surface area contributed by atoms with Crippen molar-refractivity contribution in [1.29, 1.82) is 0 Å². The minimum atomic E-state index is -0.943. The van der Waals surface area contributed by atoms with Crippen LogP contribution in [0.5, 0.6) is 0 Å². The summed E-state index contributed by atoms with van der Waals surface area (Å²) in [6, 6.07) is 6.53. The van der Waals surface area contributed by atoms with E-state index in [0.29, 0.717) is 28.7 Å². The van der Waals surface area contributed by atoms with Crippen LogP contribution in [0.25, 0.3) is 0 Å². The van der Waals surface area contributed by atoms with Crippen molar-refractivity contribution in [2.24, 2.45) is 0 Å². The van der Waals surface area contributed by atoms with E-state index in [2.05, 4.69) is 0 Å². The fourth-order valence-electron chi connectivity index (χ4n) is 2.40. The van der Waals surface area contributed by atoms with E-state index < -0.39 is 29.4 Å². The van der Waals surface area contributed by atoms with Gasteiger partial charge in [-0.1, -0.05) is 24.3 Å². The predicted octanol–water partition coefficient (Wildman–Crippen LogP) is 2.67. The number of benzene rings is 1. The number of ether oxygens (including phenoxy) is 1. The Bertz CT molecular complexity index is 642. The van der Waals surface area contributed by atoms with Gasteiger partial charge >= 0.3 is 6.09 Å². The molecular weight excluding hydrogens is 298 g/mol. The minimum Gasteiger partial charge on any atom is -0.443 e. The van der Waals surface area contributed by atoms with Gasteiger partial charge in [-0.2, -0.15) is 4.90 Å². The number of amides is 3. The van der Waals surface area contributed by atoms with Crippen LogP contribution in [0.15, 0.2) is 24.3 Å². The van der Waals surface area contributed by atoms with Crippen LogP contribution in [0.2, 0.25) is 0 Å². The molecule has 1 aliphatic rings. The molecule has 1 heterocycles. The fourth-order valence-corrected chi connectivity index (χ4v) is 2.40. The molecular formula is C17H19NO5. The molecule has 0 saturated carbocycles. The second-order valence-corrected chi connectivity index (χ2v) is 6.42. The topological polar surface area (TPSA) is 80.8 Å². The Morgan fingerprint density at radius 3 is 2.35 bits per heavy atom. The molecule has 2 rings (SSSR count). The normalized spacial score (nSPS) is 18.7. The van der Waals surface area contributed by atoms with Crippen molar-refractivity contribution in [3.8, 4) is 0 Å². The number of aldehydes is 1. The highest BCUT2D eigenvalue weighted by atomic mass is 16.6. The smallest absolute Gasteiger partial charge is 0.424 e. The summed E-state index contributed by atoms with van der Waals surface area (Å²) < 4.78 is 5.14. The summed E-state index contributed by atoms with van der Waals surface area (Å²) in [5.74, 6) is -1.74. The predicted molar refractivity (Wildman–Crippen MR) is 81.9 cm³/mol. The largest absolute Gasteiger partial charge is 0.443 e. The van der Waals surface area contributed by atoms with Crippen LogP contribution in [0.4, 0.5) is 4.79 Å². The number of rotatable bonds is 2. The van der Waals surface area contributed by atoms with Gasteiger partial charge in [-0.05, 0) is 32.8 Å². The highest BCUT2D eigenvalue weighted by Crippen LogP contribution is 2.30. The molecule has 1 unspecified atom stereocenters. The van der Waals surface area contributed by atoms with Crippen molar-refractivity contribution < 1.29 is 23.9 Å². The summed E-state index contributed by atoms with van der Waals surface area (Å²) >= 11 is 0. The third-order valence-corrected chi connectivity index (χ3v) is 3.47. The minimum absolute atomic E-state index is 0.0884. The van der Waals surface area contributed by atoms with Crippen molar-refractivity contribution in [1.82, 2.24) is 4.90 Å². The molecule has 3 amide bonds. The van der Waals surface area contributed by atoms with E-state index in [1.165, 1.54) is 0 Å². The van der Waals surface area contributed by atoms with Crippen LogP contribution in [-0.2, 0) is 14.3 Å². The second-order valence-electron chi connectivity index (χ2n) is 6.42. The lowest BCUT2D eigenvalue weighted by atomic mass is 9.89. The maximum absolute atomic E-state index is 12.6. The van der Waals surface area contributed by atoms with Gasteiger partial charge in [0, 0.05) is 12.0 Å². The van der Waals surface area contributed by atoms with Crippen LogP contribution in [-0.4, -0.2) is 34.7 Å². The average Bonchev–Trinajstić information content (AvgIpc) is 2.46. The molecule has 0 spiro atoms. The fraction of sp³-hybridized carbons (Fsp3) is 0.412. The van der Waals surface area contributed by atoms with Gasteiger partial charge < -0.3 is 4.74 Å². The molecule has 0 radical (unpaired) electrons. The third kappa shape index (κ3) is 3.83. The van der Waals surface area contributed by atoms with E-state index in [9.17, 15) is 19.2 Å². The van der Waals surface area contributed by atoms with Gasteiger partial charge in [0.1, 0.15) is 11.9 Å². The summed E-state index contributed by atoms with van der Waals surface area (Å²) in [7, 11) is 0. The number of piperidine rings is 1. The van der Waals surface area contributed by atoms with Crippen LogP contribution in [0.3, 0.4) is 0 Å². The van der Waals surface area contributed by atoms with E-state index in [1.54, 1.807) is 45.0 Å². The molecule has 1 atom stereocenters. The van der Waals surface area contributed by atoms with Gasteiger partial charge in [-0.15, -0.1) is 0 Å². The SMILES string of the molecule is CC(C)(C)OC(=O)N1C(=O)CCC(c2ccc(C=O)cc2)C1=O. The van der Waals surface area contributed by atoms with Gasteiger partial charge in [-0.25, -0.2) is 4.79 Å². The molecule has 1 aromatic rings. The summed E-state index contributed by atoms with van der Waals surface area (Å²) in [6.45, 7) is 5.00. The Morgan fingerprint density at radius 1 is 1.22 bits per heavy atom. The molecule has 0 N–H and O–H groups in total. The maximum atomic E-state index is 12.6. The molecule has 6 heteroatoms. The molecule has 0 aliphatic carbocycles. The standard InChI is InChI=1S/C17H19NO5/c1-17(2,3)23-16(22)18-14(20)9-8-13(15(18)21)12-6-4-11(10-19)5-7-12/h4-7,10,13H,8-9H2,1-3H3. The van der Waals surface area contributed by atoms with Crippen LogP contribution < -0.4 is 0 Å². The Morgan fingerprint density at radius 2 is 1.83 bits per heavy atom. The van der Waals surface area contributed by atoms with Gasteiger partial charge in [0.25, 0.3) is 0 Å². The molecule has 1 aliphatic heterocycles. The number of hydrogen-bond acceptors (Lipinski definition) is 5. The average molecular weight is 317 g/mol. The van der Waals surface area contributed by atoms with Gasteiger partial charge in [-0.3, -0.25) is 14.4 Å². The van der Waals surface area contributed by atoms with E-state index in [4.69, 9.17) is 4.74 Å².